The summed E-state index contributed by atoms with van der Waals surface area (Å²) in [5.74, 6) is -1.85. The third-order valence-electron chi connectivity index (χ3n) is 3.38. The fraction of sp³-hybridized carbons (Fsp3) is 0.267. The smallest absolute Gasteiger partial charge is 0.335 e. The minimum Gasteiger partial charge on any atom is -0.478 e. The summed E-state index contributed by atoms with van der Waals surface area (Å²) in [6.07, 6.45) is 1.32. The van der Waals surface area contributed by atoms with Gasteiger partial charge >= 0.3 is 5.97 Å². The molecule has 0 bridgehead atoms. The second-order valence-electron chi connectivity index (χ2n) is 4.53. The molecule has 0 radical (unpaired) electrons. The van der Waals surface area contributed by atoms with Gasteiger partial charge in [0.2, 0.25) is 0 Å². The number of anilines is 1. The average Bonchev–Trinajstić information content (AvgIpc) is 2.76. The van der Waals surface area contributed by atoms with Crippen molar-refractivity contribution in [3.05, 3.63) is 41.6 Å². The van der Waals surface area contributed by atoms with Crippen LogP contribution in [0, 0.1) is 0 Å². The molecule has 1 aliphatic heterocycles. The van der Waals surface area contributed by atoms with E-state index in [1.807, 2.05) is 18.7 Å². The number of imide groups is 1. The Balaban J connectivity index is 2.28. The maximum Gasteiger partial charge on any atom is 0.335 e. The van der Waals surface area contributed by atoms with Crippen LogP contribution in [0.25, 0.3) is 0 Å². The van der Waals surface area contributed by atoms with Gasteiger partial charge in [-0.3, -0.25) is 9.59 Å². The van der Waals surface area contributed by atoms with Crippen molar-refractivity contribution in [1.29, 1.82) is 0 Å². The van der Waals surface area contributed by atoms with Crippen molar-refractivity contribution in [1.82, 2.24) is 4.90 Å². The lowest BCUT2D eigenvalue weighted by atomic mass is 10.2. The van der Waals surface area contributed by atoms with Crippen LogP contribution in [0.15, 0.2) is 36.0 Å². The summed E-state index contributed by atoms with van der Waals surface area (Å²) in [4.78, 5) is 38.1. The van der Waals surface area contributed by atoms with Crippen LogP contribution in [0.5, 0.6) is 0 Å². The summed E-state index contributed by atoms with van der Waals surface area (Å²) in [6, 6.07) is 5.65. The van der Waals surface area contributed by atoms with Gasteiger partial charge in [-0.2, -0.15) is 0 Å². The number of carboxylic acid groups (broad SMARTS) is 1. The molecule has 0 aromatic heterocycles. The standard InChI is InChI=1S/C15H16N2O4/c1-3-16(4-2)12-9-13(18)17(14(12)19)11-7-5-10(6-8-11)15(20)21/h5-9H,3-4H2,1-2H3,(H,20,21). The lowest BCUT2D eigenvalue weighted by molar-refractivity contribution is -0.120. The molecule has 1 aliphatic rings. The Hall–Kier alpha value is -2.63. The van der Waals surface area contributed by atoms with Crippen molar-refractivity contribution in [3.63, 3.8) is 0 Å². The van der Waals surface area contributed by atoms with Crippen LogP contribution in [0.3, 0.4) is 0 Å². The Morgan fingerprint density at radius 2 is 1.71 bits per heavy atom. The van der Waals surface area contributed by atoms with Crippen LogP contribution in [0.2, 0.25) is 0 Å². The van der Waals surface area contributed by atoms with Crippen molar-refractivity contribution in [2.24, 2.45) is 0 Å². The molecular formula is C15H16N2O4. The lowest BCUT2D eigenvalue weighted by Gasteiger charge is -2.22. The number of rotatable bonds is 5. The Kier molecular flexibility index (Phi) is 4.07. The maximum absolute atomic E-state index is 12.4. The summed E-state index contributed by atoms with van der Waals surface area (Å²) in [5.41, 5.74) is 0.843. The molecule has 21 heavy (non-hydrogen) atoms. The minimum atomic E-state index is -1.05. The second kappa shape index (κ2) is 5.78. The van der Waals surface area contributed by atoms with Gasteiger partial charge in [-0.25, -0.2) is 9.69 Å². The molecule has 0 saturated carbocycles. The normalized spacial score (nSPS) is 14.4. The molecule has 6 heteroatoms. The molecule has 0 fully saturated rings. The molecule has 0 atom stereocenters. The first-order valence-corrected chi connectivity index (χ1v) is 6.68. The molecule has 1 N–H and O–H groups in total. The zero-order valence-corrected chi connectivity index (χ0v) is 11.9. The van der Waals surface area contributed by atoms with E-state index in [9.17, 15) is 14.4 Å². The van der Waals surface area contributed by atoms with Gasteiger partial charge in [0.05, 0.1) is 11.3 Å². The van der Waals surface area contributed by atoms with Crippen LogP contribution in [0.4, 0.5) is 5.69 Å². The maximum atomic E-state index is 12.4. The van der Waals surface area contributed by atoms with Crippen molar-refractivity contribution >= 4 is 23.5 Å². The second-order valence-corrected chi connectivity index (χ2v) is 4.53. The minimum absolute atomic E-state index is 0.106. The first-order chi connectivity index (χ1) is 9.99. The third kappa shape index (κ3) is 2.65. The van der Waals surface area contributed by atoms with Crippen molar-refractivity contribution in [2.75, 3.05) is 18.0 Å². The van der Waals surface area contributed by atoms with E-state index in [0.29, 0.717) is 24.5 Å². The van der Waals surface area contributed by atoms with E-state index in [2.05, 4.69) is 0 Å². The largest absolute Gasteiger partial charge is 0.478 e. The summed E-state index contributed by atoms with van der Waals surface area (Å²) < 4.78 is 0. The SMILES string of the molecule is CCN(CC)C1=CC(=O)N(c2ccc(C(=O)O)cc2)C1=O. The van der Waals surface area contributed by atoms with E-state index in [-0.39, 0.29) is 11.5 Å². The molecule has 1 heterocycles. The van der Waals surface area contributed by atoms with Gasteiger partial charge in [0.15, 0.2) is 0 Å². The summed E-state index contributed by atoms with van der Waals surface area (Å²) >= 11 is 0. The van der Waals surface area contributed by atoms with E-state index in [1.54, 1.807) is 0 Å². The number of hydrogen-bond donors (Lipinski definition) is 1. The summed E-state index contributed by atoms with van der Waals surface area (Å²) in [6.45, 7) is 5.08. The number of carboxylic acids is 1. The first-order valence-electron chi connectivity index (χ1n) is 6.68. The van der Waals surface area contributed by atoms with Gasteiger partial charge in [0.1, 0.15) is 5.70 Å². The lowest BCUT2D eigenvalue weighted by Crippen LogP contribution is -2.35. The van der Waals surface area contributed by atoms with E-state index in [0.717, 1.165) is 4.90 Å². The number of aromatic carboxylic acids is 1. The average molecular weight is 288 g/mol. The highest BCUT2D eigenvalue weighted by Gasteiger charge is 2.34. The number of hydrogen-bond acceptors (Lipinski definition) is 4. The van der Waals surface area contributed by atoms with Crippen molar-refractivity contribution < 1.29 is 19.5 Å². The highest BCUT2D eigenvalue weighted by molar-refractivity contribution is 6.30. The van der Waals surface area contributed by atoms with Gasteiger partial charge in [-0.15, -0.1) is 0 Å². The number of benzene rings is 1. The van der Waals surface area contributed by atoms with Gasteiger partial charge in [-0.05, 0) is 38.1 Å². The molecule has 0 aliphatic carbocycles. The molecule has 110 valence electrons. The van der Waals surface area contributed by atoms with E-state index < -0.39 is 11.9 Å². The van der Waals surface area contributed by atoms with Crippen LogP contribution in [-0.2, 0) is 9.59 Å². The molecule has 2 rings (SSSR count). The van der Waals surface area contributed by atoms with Crippen LogP contribution < -0.4 is 4.90 Å². The predicted molar refractivity (Wildman–Crippen MR) is 76.9 cm³/mol. The van der Waals surface area contributed by atoms with E-state index in [4.69, 9.17) is 5.11 Å². The van der Waals surface area contributed by atoms with Crippen LogP contribution in [-0.4, -0.2) is 40.9 Å². The molecule has 0 unspecified atom stereocenters. The van der Waals surface area contributed by atoms with Gasteiger partial charge in [-0.1, -0.05) is 0 Å². The number of amides is 2. The quantitative estimate of drug-likeness (QED) is 0.830. The molecule has 0 saturated heterocycles. The molecule has 1 aromatic rings. The zero-order chi connectivity index (χ0) is 15.6. The van der Waals surface area contributed by atoms with Crippen molar-refractivity contribution in [2.45, 2.75) is 13.8 Å². The van der Waals surface area contributed by atoms with E-state index in [1.165, 1.54) is 30.3 Å². The molecule has 6 nitrogen and oxygen atoms in total. The number of carbonyl (C=O) groups excluding carboxylic acids is 2. The Morgan fingerprint density at radius 1 is 1.14 bits per heavy atom. The molecule has 1 aromatic carbocycles. The molecular weight excluding hydrogens is 272 g/mol. The predicted octanol–water partition coefficient (Wildman–Crippen LogP) is 1.48. The molecule has 2 amide bonds. The topological polar surface area (TPSA) is 77.9 Å². The molecule has 0 spiro atoms. The summed E-state index contributed by atoms with van der Waals surface area (Å²) in [5, 5.41) is 8.86. The van der Waals surface area contributed by atoms with Crippen molar-refractivity contribution in [3.8, 4) is 0 Å². The third-order valence-corrected chi connectivity index (χ3v) is 3.38. The number of likely N-dealkylation sites (N-methyl/N-ethyl adjacent to an activating group) is 1. The zero-order valence-electron chi connectivity index (χ0n) is 11.9. The van der Waals surface area contributed by atoms with Gasteiger partial charge in [0.25, 0.3) is 11.8 Å². The number of nitrogens with zero attached hydrogens (tertiary/aromatic N) is 2. The fourth-order valence-electron chi connectivity index (χ4n) is 2.25. The highest BCUT2D eigenvalue weighted by atomic mass is 16.4. The van der Waals surface area contributed by atoms with E-state index >= 15 is 0 Å². The van der Waals surface area contributed by atoms with Crippen LogP contribution in [0.1, 0.15) is 24.2 Å². The number of carbonyl (C=O) groups is 3. The Morgan fingerprint density at radius 3 is 2.19 bits per heavy atom. The van der Waals surface area contributed by atoms with Gasteiger partial charge in [0, 0.05) is 19.2 Å². The Labute approximate surface area is 122 Å². The summed E-state index contributed by atoms with van der Waals surface area (Å²) in [7, 11) is 0. The Bertz CT molecular complexity index is 615. The fourth-order valence-corrected chi connectivity index (χ4v) is 2.25. The van der Waals surface area contributed by atoms with Crippen LogP contribution >= 0.6 is 0 Å². The first kappa shape index (κ1) is 14.8. The van der Waals surface area contributed by atoms with Gasteiger partial charge < -0.3 is 10.0 Å². The highest BCUT2D eigenvalue weighted by Crippen LogP contribution is 2.24. The monoisotopic (exact) mass is 288 g/mol.